The van der Waals surface area contributed by atoms with Crippen LogP contribution in [0.15, 0.2) is 4.99 Å². The molecule has 0 saturated heterocycles. The highest BCUT2D eigenvalue weighted by Crippen LogP contribution is 2.06. The van der Waals surface area contributed by atoms with Gasteiger partial charge >= 0.3 is 5.97 Å². The predicted molar refractivity (Wildman–Crippen MR) is 134 cm³/mol. The molecule has 0 radical (unpaired) electrons. The molecule has 0 bridgehead atoms. The van der Waals surface area contributed by atoms with Gasteiger partial charge in [-0.15, -0.1) is 0 Å². The van der Waals surface area contributed by atoms with Crippen molar-refractivity contribution in [3.63, 3.8) is 0 Å². The number of aliphatic carboxylic acids is 1. The Balaban J connectivity index is 5.48. The number of carboxylic acid groups (broad SMARTS) is 1. The average molecular weight is 518 g/mol. The minimum atomic E-state index is -1.53. The zero-order chi connectivity index (χ0) is 27.5. The fourth-order valence-corrected chi connectivity index (χ4v) is 3.18. The first kappa shape index (κ1) is 33.0. The summed E-state index contributed by atoms with van der Waals surface area (Å²) >= 11 is 0. The lowest BCUT2D eigenvalue weighted by Gasteiger charge is -2.25. The van der Waals surface area contributed by atoms with Crippen molar-refractivity contribution in [3.05, 3.63) is 0 Å². The number of hydrogen-bond donors (Lipinski definition) is 10. The topological polar surface area (TPSA) is 287 Å². The quantitative estimate of drug-likeness (QED) is 0.0423. The Morgan fingerprint density at radius 1 is 0.722 bits per heavy atom. The van der Waals surface area contributed by atoms with Gasteiger partial charge in [-0.25, -0.2) is 4.79 Å². The summed E-state index contributed by atoms with van der Waals surface area (Å²) in [6, 6.07) is -4.56. The van der Waals surface area contributed by atoms with Gasteiger partial charge in [0, 0.05) is 6.54 Å². The number of nitrogens with zero attached hydrogens (tertiary/aromatic N) is 1. The van der Waals surface area contributed by atoms with Gasteiger partial charge in [0.15, 0.2) is 5.96 Å². The first-order valence-corrected chi connectivity index (χ1v) is 12.0. The summed E-state index contributed by atoms with van der Waals surface area (Å²) in [5.74, 6) is -3.52. The summed E-state index contributed by atoms with van der Waals surface area (Å²) in [4.78, 5) is 53.4. The molecule has 36 heavy (non-hydrogen) atoms. The number of amides is 3. The molecule has 4 atom stereocenters. The van der Waals surface area contributed by atoms with E-state index in [2.05, 4.69) is 20.9 Å². The Bertz CT molecular complexity index is 718. The van der Waals surface area contributed by atoms with Gasteiger partial charge in [0.1, 0.15) is 18.1 Å². The van der Waals surface area contributed by atoms with Gasteiger partial charge in [0.2, 0.25) is 17.7 Å². The predicted octanol–water partition coefficient (Wildman–Crippen LogP) is -3.84. The Morgan fingerprint density at radius 3 is 1.67 bits per heavy atom. The number of carbonyl (C=O) groups is 4. The maximum absolute atomic E-state index is 13.1. The third kappa shape index (κ3) is 14.4. The minimum absolute atomic E-state index is 0.115. The van der Waals surface area contributed by atoms with Crippen LogP contribution in [0.1, 0.15) is 51.4 Å². The van der Waals surface area contributed by atoms with Gasteiger partial charge in [-0.1, -0.05) is 6.42 Å². The standard InChI is InChI=1S/C21H43N9O6/c22-9-3-1-6-13(24)17(32)28-15(8-5-11-27-21(25)26)18(33)29-14(7-2-4-10-23)19(34)30-16(12-31)20(35)36/h13-16,31H,1-12,22-24H2,(H,28,32)(H,29,33)(H,30,34)(H,35,36)(H4,25,26,27). The second-order valence-corrected chi connectivity index (χ2v) is 8.33. The van der Waals surface area contributed by atoms with Crippen LogP contribution in [0.4, 0.5) is 0 Å². The number of carbonyl (C=O) groups excluding carboxylic acids is 3. The molecule has 0 rings (SSSR count). The molecule has 0 aromatic rings. The largest absolute Gasteiger partial charge is 0.480 e. The van der Waals surface area contributed by atoms with Crippen molar-refractivity contribution in [2.75, 3.05) is 26.2 Å². The van der Waals surface area contributed by atoms with Crippen LogP contribution in [0.25, 0.3) is 0 Å². The molecule has 0 aliphatic rings. The van der Waals surface area contributed by atoms with Crippen molar-refractivity contribution in [3.8, 4) is 0 Å². The number of hydrogen-bond acceptors (Lipinski definition) is 9. The van der Waals surface area contributed by atoms with E-state index < -0.39 is 54.5 Å². The highest BCUT2D eigenvalue weighted by molar-refractivity contribution is 5.94. The lowest BCUT2D eigenvalue weighted by atomic mass is 10.0. The zero-order valence-electron chi connectivity index (χ0n) is 20.7. The fourth-order valence-electron chi connectivity index (χ4n) is 3.18. The average Bonchev–Trinajstić information content (AvgIpc) is 2.83. The molecule has 0 aliphatic heterocycles. The van der Waals surface area contributed by atoms with Crippen molar-refractivity contribution in [1.82, 2.24) is 16.0 Å². The molecule has 0 heterocycles. The molecular weight excluding hydrogens is 474 g/mol. The van der Waals surface area contributed by atoms with E-state index in [1.54, 1.807) is 0 Å². The normalized spacial score (nSPS) is 14.1. The van der Waals surface area contributed by atoms with Crippen LogP contribution in [0.2, 0.25) is 0 Å². The van der Waals surface area contributed by atoms with Gasteiger partial charge < -0.3 is 54.8 Å². The summed E-state index contributed by atoms with van der Waals surface area (Å²) in [5, 5.41) is 25.7. The van der Waals surface area contributed by atoms with Gasteiger partial charge in [0.25, 0.3) is 0 Å². The van der Waals surface area contributed by atoms with E-state index in [1.807, 2.05) is 0 Å². The van der Waals surface area contributed by atoms with Crippen LogP contribution in [0, 0.1) is 0 Å². The maximum Gasteiger partial charge on any atom is 0.328 e. The van der Waals surface area contributed by atoms with Crippen molar-refractivity contribution in [2.24, 2.45) is 33.7 Å². The Morgan fingerprint density at radius 2 is 1.19 bits per heavy atom. The minimum Gasteiger partial charge on any atom is -0.480 e. The first-order valence-electron chi connectivity index (χ1n) is 12.0. The van der Waals surface area contributed by atoms with Gasteiger partial charge in [-0.3, -0.25) is 19.4 Å². The molecule has 3 amide bonds. The van der Waals surface area contributed by atoms with Crippen molar-refractivity contribution in [2.45, 2.75) is 75.5 Å². The number of aliphatic hydroxyl groups excluding tert-OH is 1. The number of aliphatic imine (C=N–C) groups is 1. The number of carboxylic acids is 1. The molecule has 0 aromatic heterocycles. The van der Waals surface area contributed by atoms with Gasteiger partial charge in [-0.2, -0.15) is 0 Å². The smallest absolute Gasteiger partial charge is 0.328 e. The highest BCUT2D eigenvalue weighted by atomic mass is 16.4. The number of nitrogens with two attached hydrogens (primary N) is 5. The van der Waals surface area contributed by atoms with E-state index in [-0.39, 0.29) is 25.3 Å². The van der Waals surface area contributed by atoms with Crippen LogP contribution in [-0.4, -0.2) is 90.3 Å². The number of rotatable bonds is 20. The van der Waals surface area contributed by atoms with Crippen LogP contribution in [-0.2, 0) is 19.2 Å². The molecule has 0 spiro atoms. The lowest BCUT2D eigenvalue weighted by molar-refractivity contribution is -0.143. The Labute approximate surface area is 211 Å². The third-order valence-corrected chi connectivity index (χ3v) is 5.26. The zero-order valence-corrected chi connectivity index (χ0v) is 20.7. The summed E-state index contributed by atoms with van der Waals surface area (Å²) in [7, 11) is 0. The van der Waals surface area contributed by atoms with Crippen LogP contribution in [0.3, 0.4) is 0 Å². The molecule has 0 aromatic carbocycles. The molecule has 208 valence electrons. The molecular formula is C21H43N9O6. The molecule has 15 nitrogen and oxygen atoms in total. The molecule has 15 N–H and O–H groups in total. The molecule has 4 unspecified atom stereocenters. The monoisotopic (exact) mass is 517 g/mol. The SMILES string of the molecule is NCCCCC(N)C(=O)NC(CCCN=C(N)N)C(=O)NC(CCCCN)C(=O)NC(CO)C(=O)O. The van der Waals surface area contributed by atoms with E-state index in [0.717, 1.165) is 0 Å². The van der Waals surface area contributed by atoms with E-state index in [0.29, 0.717) is 51.6 Å². The third-order valence-electron chi connectivity index (χ3n) is 5.26. The second kappa shape index (κ2) is 19.2. The van der Waals surface area contributed by atoms with E-state index >= 15 is 0 Å². The Hall–Kier alpha value is -3.01. The second-order valence-electron chi connectivity index (χ2n) is 8.33. The lowest BCUT2D eigenvalue weighted by Crippen LogP contribution is -2.57. The summed E-state index contributed by atoms with van der Waals surface area (Å²) < 4.78 is 0. The molecule has 15 heteroatoms. The summed E-state index contributed by atoms with van der Waals surface area (Å²) in [6.07, 6.45) is 3.42. The molecule has 0 fully saturated rings. The summed E-state index contributed by atoms with van der Waals surface area (Å²) in [6.45, 7) is 0.219. The van der Waals surface area contributed by atoms with E-state index in [1.165, 1.54) is 0 Å². The summed E-state index contributed by atoms with van der Waals surface area (Å²) in [5.41, 5.74) is 27.5. The van der Waals surface area contributed by atoms with Crippen LogP contribution < -0.4 is 44.6 Å². The first-order chi connectivity index (χ1) is 17.1. The van der Waals surface area contributed by atoms with Crippen molar-refractivity contribution in [1.29, 1.82) is 0 Å². The molecule has 0 aliphatic carbocycles. The number of unbranched alkanes of at least 4 members (excludes halogenated alkanes) is 2. The maximum atomic E-state index is 13.1. The van der Waals surface area contributed by atoms with Crippen LogP contribution in [0.5, 0.6) is 0 Å². The number of guanidine groups is 1. The highest BCUT2D eigenvalue weighted by Gasteiger charge is 2.29. The van der Waals surface area contributed by atoms with Gasteiger partial charge in [-0.05, 0) is 58.0 Å². The number of aliphatic hydroxyl groups is 1. The van der Waals surface area contributed by atoms with Crippen molar-refractivity contribution >= 4 is 29.7 Å². The number of nitrogens with one attached hydrogen (secondary N) is 3. The van der Waals surface area contributed by atoms with E-state index in [4.69, 9.17) is 33.8 Å². The fraction of sp³-hybridized carbons (Fsp3) is 0.762. The Kier molecular flexibility index (Phi) is 17.6. The van der Waals surface area contributed by atoms with Gasteiger partial charge in [0.05, 0.1) is 12.6 Å². The van der Waals surface area contributed by atoms with Crippen molar-refractivity contribution < 1.29 is 29.4 Å². The van der Waals surface area contributed by atoms with Crippen LogP contribution >= 0.6 is 0 Å². The molecule has 0 saturated carbocycles. The van der Waals surface area contributed by atoms with E-state index in [9.17, 15) is 24.3 Å².